The highest BCUT2D eigenvalue weighted by molar-refractivity contribution is 9.10. The van der Waals surface area contributed by atoms with Crippen LogP contribution in [-0.4, -0.2) is 23.3 Å². The highest BCUT2D eigenvalue weighted by Crippen LogP contribution is 2.24. The lowest BCUT2D eigenvalue weighted by atomic mass is 10.2. The number of benzene rings is 1. The molecule has 0 aliphatic carbocycles. The van der Waals surface area contributed by atoms with Gasteiger partial charge in [0, 0.05) is 10.9 Å². The second kappa shape index (κ2) is 7.50. The molecule has 0 amide bonds. The average molecular weight is 342 g/mol. The van der Waals surface area contributed by atoms with Crippen molar-refractivity contribution < 1.29 is 8.81 Å². The van der Waals surface area contributed by atoms with Gasteiger partial charge in [-0.15, -0.1) is 10.2 Å². The standard InChI is InChI=1S/C14H17BrFN3O/c1-2-7-17-8-3-4-13-18-19-14(20-13)11-6-5-10(15)9-12(11)16/h5-6,9,17H,2-4,7-8H2,1H3. The van der Waals surface area contributed by atoms with Crippen LogP contribution in [0.3, 0.4) is 0 Å². The zero-order chi connectivity index (χ0) is 14.4. The van der Waals surface area contributed by atoms with Gasteiger partial charge in [-0.05, 0) is 44.1 Å². The van der Waals surface area contributed by atoms with Crippen LogP contribution in [0.2, 0.25) is 0 Å². The van der Waals surface area contributed by atoms with Crippen molar-refractivity contribution in [1.29, 1.82) is 0 Å². The molecule has 1 aromatic carbocycles. The van der Waals surface area contributed by atoms with Gasteiger partial charge in [-0.2, -0.15) is 0 Å². The Morgan fingerprint density at radius 3 is 2.90 bits per heavy atom. The number of nitrogens with one attached hydrogen (secondary N) is 1. The summed E-state index contributed by atoms with van der Waals surface area (Å²) in [5, 5.41) is 11.2. The summed E-state index contributed by atoms with van der Waals surface area (Å²) in [6.07, 6.45) is 2.74. The molecular weight excluding hydrogens is 325 g/mol. The minimum absolute atomic E-state index is 0.228. The molecule has 0 atom stereocenters. The molecule has 2 rings (SSSR count). The van der Waals surface area contributed by atoms with Crippen molar-refractivity contribution in [3.63, 3.8) is 0 Å². The molecule has 0 spiro atoms. The van der Waals surface area contributed by atoms with Crippen LogP contribution in [0.1, 0.15) is 25.7 Å². The smallest absolute Gasteiger partial charge is 0.250 e. The van der Waals surface area contributed by atoms with Crippen LogP contribution in [0.25, 0.3) is 11.5 Å². The van der Waals surface area contributed by atoms with E-state index in [4.69, 9.17) is 4.42 Å². The first-order valence-electron chi connectivity index (χ1n) is 6.69. The Labute approximate surface area is 125 Å². The first kappa shape index (κ1) is 15.1. The highest BCUT2D eigenvalue weighted by atomic mass is 79.9. The van der Waals surface area contributed by atoms with Crippen LogP contribution >= 0.6 is 15.9 Å². The van der Waals surface area contributed by atoms with Gasteiger partial charge in [-0.25, -0.2) is 4.39 Å². The van der Waals surface area contributed by atoms with Crippen molar-refractivity contribution in [3.8, 4) is 11.5 Å². The summed E-state index contributed by atoms with van der Waals surface area (Å²) in [5.74, 6) is 0.395. The normalized spacial score (nSPS) is 10.9. The average Bonchev–Trinajstić information content (AvgIpc) is 2.87. The number of aryl methyl sites for hydroxylation is 1. The Balaban J connectivity index is 1.95. The molecule has 4 nitrogen and oxygen atoms in total. The Bertz CT molecular complexity index is 559. The summed E-state index contributed by atoms with van der Waals surface area (Å²) in [7, 11) is 0. The summed E-state index contributed by atoms with van der Waals surface area (Å²) in [4.78, 5) is 0. The first-order chi connectivity index (χ1) is 9.70. The van der Waals surface area contributed by atoms with Gasteiger partial charge >= 0.3 is 0 Å². The van der Waals surface area contributed by atoms with Gasteiger partial charge in [0.2, 0.25) is 5.89 Å². The molecule has 1 N–H and O–H groups in total. The van der Waals surface area contributed by atoms with Crippen LogP contribution in [0.15, 0.2) is 27.1 Å². The van der Waals surface area contributed by atoms with Gasteiger partial charge in [-0.1, -0.05) is 22.9 Å². The van der Waals surface area contributed by atoms with E-state index in [1.807, 2.05) is 0 Å². The largest absolute Gasteiger partial charge is 0.421 e. The van der Waals surface area contributed by atoms with Crippen LogP contribution in [-0.2, 0) is 6.42 Å². The molecule has 0 saturated heterocycles. The number of hydrogen-bond acceptors (Lipinski definition) is 4. The Morgan fingerprint density at radius 2 is 2.15 bits per heavy atom. The second-order valence-electron chi connectivity index (χ2n) is 4.48. The molecule has 20 heavy (non-hydrogen) atoms. The maximum Gasteiger partial charge on any atom is 0.250 e. The molecule has 6 heteroatoms. The van der Waals surface area contributed by atoms with Crippen molar-refractivity contribution in [2.45, 2.75) is 26.2 Å². The van der Waals surface area contributed by atoms with Gasteiger partial charge < -0.3 is 9.73 Å². The third-order valence-electron chi connectivity index (χ3n) is 2.80. The lowest BCUT2D eigenvalue weighted by Gasteiger charge is -2.00. The predicted molar refractivity (Wildman–Crippen MR) is 78.9 cm³/mol. The molecule has 0 unspecified atom stereocenters. The number of aromatic nitrogens is 2. The van der Waals surface area contributed by atoms with Crippen LogP contribution in [0.4, 0.5) is 4.39 Å². The fourth-order valence-corrected chi connectivity index (χ4v) is 2.13. The lowest BCUT2D eigenvalue weighted by Crippen LogP contribution is -2.16. The SMILES string of the molecule is CCCNCCCc1nnc(-c2ccc(Br)cc2F)o1. The summed E-state index contributed by atoms with van der Waals surface area (Å²) >= 11 is 3.22. The van der Waals surface area contributed by atoms with E-state index in [1.54, 1.807) is 12.1 Å². The molecule has 0 bridgehead atoms. The van der Waals surface area contributed by atoms with E-state index in [0.717, 1.165) is 25.9 Å². The number of nitrogens with zero attached hydrogens (tertiary/aromatic N) is 2. The molecule has 1 aromatic heterocycles. The third kappa shape index (κ3) is 4.11. The zero-order valence-electron chi connectivity index (χ0n) is 11.3. The predicted octanol–water partition coefficient (Wildman–Crippen LogP) is 3.57. The molecule has 0 saturated carbocycles. The fraction of sp³-hybridized carbons (Fsp3) is 0.429. The molecule has 0 aliphatic rings. The topological polar surface area (TPSA) is 51.0 Å². The van der Waals surface area contributed by atoms with Crippen molar-refractivity contribution in [2.24, 2.45) is 0 Å². The Kier molecular flexibility index (Phi) is 5.67. The van der Waals surface area contributed by atoms with E-state index < -0.39 is 0 Å². The second-order valence-corrected chi connectivity index (χ2v) is 5.39. The summed E-state index contributed by atoms with van der Waals surface area (Å²) in [6, 6.07) is 4.75. The number of halogens is 2. The zero-order valence-corrected chi connectivity index (χ0v) is 12.9. The molecular formula is C14H17BrFN3O. The quantitative estimate of drug-likeness (QED) is 0.782. The summed E-state index contributed by atoms with van der Waals surface area (Å²) < 4.78 is 19.9. The minimum Gasteiger partial charge on any atom is -0.421 e. The molecule has 0 fully saturated rings. The van der Waals surface area contributed by atoms with E-state index in [1.165, 1.54) is 6.07 Å². The van der Waals surface area contributed by atoms with E-state index in [2.05, 4.69) is 38.4 Å². The van der Waals surface area contributed by atoms with Gasteiger partial charge in [0.1, 0.15) is 5.82 Å². The van der Waals surface area contributed by atoms with Crippen LogP contribution in [0.5, 0.6) is 0 Å². The van der Waals surface area contributed by atoms with Gasteiger partial charge in [0.15, 0.2) is 0 Å². The van der Waals surface area contributed by atoms with Crippen molar-refractivity contribution >= 4 is 15.9 Å². The minimum atomic E-state index is -0.376. The van der Waals surface area contributed by atoms with E-state index in [9.17, 15) is 4.39 Å². The lowest BCUT2D eigenvalue weighted by molar-refractivity contribution is 0.488. The Morgan fingerprint density at radius 1 is 1.30 bits per heavy atom. The molecule has 0 aliphatic heterocycles. The van der Waals surface area contributed by atoms with E-state index >= 15 is 0 Å². The monoisotopic (exact) mass is 341 g/mol. The first-order valence-corrected chi connectivity index (χ1v) is 7.48. The van der Waals surface area contributed by atoms with Gasteiger partial charge in [-0.3, -0.25) is 0 Å². The van der Waals surface area contributed by atoms with Crippen molar-refractivity contribution in [2.75, 3.05) is 13.1 Å². The molecule has 0 radical (unpaired) electrons. The van der Waals surface area contributed by atoms with Crippen molar-refractivity contribution in [1.82, 2.24) is 15.5 Å². The molecule has 2 aromatic rings. The number of hydrogen-bond donors (Lipinski definition) is 1. The summed E-state index contributed by atoms with van der Waals surface area (Å²) in [6.45, 7) is 4.06. The van der Waals surface area contributed by atoms with Crippen molar-refractivity contribution in [3.05, 3.63) is 34.4 Å². The highest BCUT2D eigenvalue weighted by Gasteiger charge is 2.13. The maximum atomic E-state index is 13.8. The maximum absolute atomic E-state index is 13.8. The van der Waals surface area contributed by atoms with Crippen LogP contribution < -0.4 is 5.32 Å². The van der Waals surface area contributed by atoms with Gasteiger partial charge in [0.25, 0.3) is 5.89 Å². The molecule has 108 valence electrons. The summed E-state index contributed by atoms with van der Waals surface area (Å²) in [5.41, 5.74) is 0.330. The van der Waals surface area contributed by atoms with E-state index in [-0.39, 0.29) is 11.7 Å². The van der Waals surface area contributed by atoms with E-state index in [0.29, 0.717) is 22.3 Å². The van der Waals surface area contributed by atoms with Crippen LogP contribution in [0, 0.1) is 5.82 Å². The molecule has 1 heterocycles. The van der Waals surface area contributed by atoms with Gasteiger partial charge in [0.05, 0.1) is 5.56 Å². The Hall–Kier alpha value is -1.27. The third-order valence-corrected chi connectivity index (χ3v) is 3.29. The fourth-order valence-electron chi connectivity index (χ4n) is 1.79. The number of rotatable bonds is 7.